The van der Waals surface area contributed by atoms with Crippen LogP contribution in [0.15, 0.2) is 24.5 Å². The third-order valence-electron chi connectivity index (χ3n) is 3.40. The number of fused-ring (bicyclic) bond motifs is 1. The summed E-state index contributed by atoms with van der Waals surface area (Å²) in [6.45, 7) is 5.45. The van der Waals surface area contributed by atoms with Crippen LogP contribution in [0.2, 0.25) is 0 Å². The highest BCUT2D eigenvalue weighted by atomic mass is 16.3. The van der Waals surface area contributed by atoms with Crippen molar-refractivity contribution < 1.29 is 5.11 Å². The molecule has 0 aliphatic rings. The maximum Gasteiger partial charge on any atom is 0.137 e. The topological polar surface area (TPSA) is 73.3 Å². The molecule has 2 heterocycles. The van der Waals surface area contributed by atoms with Gasteiger partial charge in [0.05, 0.1) is 23.6 Å². The molecule has 0 aromatic carbocycles. The van der Waals surface area contributed by atoms with Crippen LogP contribution in [0.1, 0.15) is 31.5 Å². The van der Waals surface area contributed by atoms with Gasteiger partial charge >= 0.3 is 0 Å². The molecule has 5 heteroatoms. The molecule has 0 aliphatic heterocycles. The summed E-state index contributed by atoms with van der Waals surface area (Å²) in [5, 5.41) is 22.0. The Balaban J connectivity index is 1.95. The molecule has 20 heavy (non-hydrogen) atoms. The second-order valence-corrected chi connectivity index (χ2v) is 5.28. The fourth-order valence-corrected chi connectivity index (χ4v) is 2.03. The van der Waals surface area contributed by atoms with E-state index in [1.165, 1.54) is 0 Å². The molecule has 0 saturated heterocycles. The summed E-state index contributed by atoms with van der Waals surface area (Å²) in [6.07, 6.45) is 4.07. The molecule has 2 rings (SSSR count). The van der Waals surface area contributed by atoms with Gasteiger partial charge < -0.3 is 14.8 Å². The molecule has 0 saturated carbocycles. The summed E-state index contributed by atoms with van der Waals surface area (Å²) >= 11 is 0. The first-order valence-electron chi connectivity index (χ1n) is 6.86. The first kappa shape index (κ1) is 14.5. The molecule has 106 valence electrons. The van der Waals surface area contributed by atoms with Crippen LogP contribution in [0.25, 0.3) is 5.65 Å². The van der Waals surface area contributed by atoms with Crippen LogP contribution in [0.3, 0.4) is 0 Å². The van der Waals surface area contributed by atoms with Gasteiger partial charge in [0, 0.05) is 12.7 Å². The van der Waals surface area contributed by atoms with Crippen molar-refractivity contribution in [2.24, 2.45) is 5.92 Å². The molecule has 0 fully saturated rings. The molecule has 0 spiro atoms. The van der Waals surface area contributed by atoms with Gasteiger partial charge in [-0.2, -0.15) is 5.26 Å². The van der Waals surface area contributed by atoms with E-state index in [2.05, 4.69) is 16.4 Å². The Labute approximate surface area is 118 Å². The lowest BCUT2D eigenvalue weighted by molar-refractivity contribution is 0.116. The van der Waals surface area contributed by atoms with Gasteiger partial charge in [-0.05, 0) is 31.0 Å². The second-order valence-electron chi connectivity index (χ2n) is 5.28. The minimum Gasteiger partial charge on any atom is -0.393 e. The van der Waals surface area contributed by atoms with Gasteiger partial charge in [0.15, 0.2) is 0 Å². The number of nitrogens with zero attached hydrogens (tertiary/aromatic N) is 3. The molecule has 2 aromatic rings. The Morgan fingerprint density at radius 3 is 2.95 bits per heavy atom. The van der Waals surface area contributed by atoms with E-state index in [0.717, 1.165) is 24.3 Å². The minimum absolute atomic E-state index is 0.269. The van der Waals surface area contributed by atoms with Gasteiger partial charge in [-0.25, -0.2) is 4.98 Å². The van der Waals surface area contributed by atoms with E-state index in [-0.39, 0.29) is 12.0 Å². The fourth-order valence-electron chi connectivity index (χ4n) is 2.03. The summed E-state index contributed by atoms with van der Waals surface area (Å²) in [5.74, 6) is 0.283. The SMILES string of the molecule is CC(C)C(O)CCNCc1cnc2ccc(C#N)cn12. The number of aliphatic hydroxyl groups is 1. The van der Waals surface area contributed by atoms with E-state index < -0.39 is 0 Å². The van der Waals surface area contributed by atoms with Crippen LogP contribution in [0.5, 0.6) is 0 Å². The first-order valence-corrected chi connectivity index (χ1v) is 6.86. The third kappa shape index (κ3) is 3.35. The Kier molecular flexibility index (Phi) is 4.72. The number of nitrogens with one attached hydrogen (secondary N) is 1. The predicted molar refractivity (Wildman–Crippen MR) is 77.1 cm³/mol. The van der Waals surface area contributed by atoms with Crippen LogP contribution in [0.4, 0.5) is 0 Å². The molecule has 0 radical (unpaired) electrons. The molecular weight excluding hydrogens is 252 g/mol. The highest BCUT2D eigenvalue weighted by molar-refractivity contribution is 5.44. The van der Waals surface area contributed by atoms with Gasteiger partial charge in [-0.3, -0.25) is 0 Å². The average molecular weight is 272 g/mol. The third-order valence-corrected chi connectivity index (χ3v) is 3.40. The van der Waals surface area contributed by atoms with Gasteiger partial charge in [0.25, 0.3) is 0 Å². The number of hydrogen-bond acceptors (Lipinski definition) is 4. The zero-order valence-corrected chi connectivity index (χ0v) is 11.9. The smallest absolute Gasteiger partial charge is 0.137 e. The molecule has 0 bridgehead atoms. The summed E-state index contributed by atoms with van der Waals surface area (Å²) < 4.78 is 1.92. The molecule has 2 N–H and O–H groups in total. The lowest BCUT2D eigenvalue weighted by atomic mass is 10.0. The maximum atomic E-state index is 9.73. The van der Waals surface area contributed by atoms with E-state index in [1.54, 1.807) is 12.3 Å². The van der Waals surface area contributed by atoms with Crippen LogP contribution >= 0.6 is 0 Å². The Morgan fingerprint density at radius 2 is 2.25 bits per heavy atom. The first-order chi connectivity index (χ1) is 9.61. The molecule has 0 amide bonds. The van der Waals surface area contributed by atoms with E-state index in [4.69, 9.17) is 5.26 Å². The normalized spacial score (nSPS) is 12.8. The summed E-state index contributed by atoms with van der Waals surface area (Å²) in [5.41, 5.74) is 2.46. The largest absolute Gasteiger partial charge is 0.393 e. The van der Waals surface area contributed by atoms with Gasteiger partial charge in [0.2, 0.25) is 0 Å². The van der Waals surface area contributed by atoms with E-state index in [0.29, 0.717) is 12.1 Å². The lowest BCUT2D eigenvalue weighted by Gasteiger charge is -2.14. The number of nitriles is 1. The van der Waals surface area contributed by atoms with Crippen molar-refractivity contribution in [3.63, 3.8) is 0 Å². The van der Waals surface area contributed by atoms with E-state index >= 15 is 0 Å². The Morgan fingerprint density at radius 1 is 1.45 bits per heavy atom. The minimum atomic E-state index is -0.269. The number of rotatable bonds is 6. The van der Waals surface area contributed by atoms with Crippen LogP contribution in [0, 0.1) is 17.2 Å². The van der Waals surface area contributed by atoms with Crippen molar-refractivity contribution in [2.45, 2.75) is 32.9 Å². The van der Waals surface area contributed by atoms with Crippen molar-refractivity contribution in [1.82, 2.24) is 14.7 Å². The second kappa shape index (κ2) is 6.51. The number of aliphatic hydroxyl groups excluding tert-OH is 1. The monoisotopic (exact) mass is 272 g/mol. The number of hydrogen-bond donors (Lipinski definition) is 2. The highest BCUT2D eigenvalue weighted by Crippen LogP contribution is 2.09. The van der Waals surface area contributed by atoms with Crippen LogP contribution < -0.4 is 5.32 Å². The van der Waals surface area contributed by atoms with Crippen LogP contribution in [-0.2, 0) is 6.54 Å². The summed E-state index contributed by atoms with van der Waals surface area (Å²) in [6, 6.07) is 5.73. The van der Waals surface area contributed by atoms with E-state index in [1.807, 2.05) is 30.5 Å². The fraction of sp³-hybridized carbons (Fsp3) is 0.467. The predicted octanol–water partition coefficient (Wildman–Crippen LogP) is 1.70. The van der Waals surface area contributed by atoms with Gasteiger partial charge in [0.1, 0.15) is 11.7 Å². The number of imidazole rings is 1. The molecular formula is C15H20N4O. The number of pyridine rings is 1. The summed E-state index contributed by atoms with van der Waals surface area (Å²) in [4.78, 5) is 4.30. The summed E-state index contributed by atoms with van der Waals surface area (Å²) in [7, 11) is 0. The van der Waals surface area contributed by atoms with Crippen molar-refractivity contribution in [2.75, 3.05) is 6.54 Å². The molecule has 1 atom stereocenters. The molecule has 2 aromatic heterocycles. The van der Waals surface area contributed by atoms with Crippen molar-refractivity contribution in [1.29, 1.82) is 5.26 Å². The van der Waals surface area contributed by atoms with Crippen LogP contribution in [-0.4, -0.2) is 27.1 Å². The van der Waals surface area contributed by atoms with Gasteiger partial charge in [-0.1, -0.05) is 13.8 Å². The van der Waals surface area contributed by atoms with Crippen molar-refractivity contribution in [3.8, 4) is 6.07 Å². The molecule has 5 nitrogen and oxygen atoms in total. The standard InChI is InChI=1S/C15H20N4O/c1-11(2)14(20)5-6-17-8-13-9-18-15-4-3-12(7-16)10-19(13)15/h3-4,9-11,14,17,20H,5-6,8H2,1-2H3. The Bertz CT molecular complexity index is 612. The number of aromatic nitrogens is 2. The molecule has 0 aliphatic carbocycles. The average Bonchev–Trinajstić information content (AvgIpc) is 2.85. The van der Waals surface area contributed by atoms with E-state index in [9.17, 15) is 5.11 Å². The zero-order valence-electron chi connectivity index (χ0n) is 11.9. The van der Waals surface area contributed by atoms with Gasteiger partial charge in [-0.15, -0.1) is 0 Å². The molecule has 1 unspecified atom stereocenters. The zero-order chi connectivity index (χ0) is 14.5. The lowest BCUT2D eigenvalue weighted by Crippen LogP contribution is -2.23. The van der Waals surface area contributed by atoms with Crippen molar-refractivity contribution in [3.05, 3.63) is 35.8 Å². The maximum absolute atomic E-state index is 9.73. The Hall–Kier alpha value is -1.90. The highest BCUT2D eigenvalue weighted by Gasteiger charge is 2.08. The quantitative estimate of drug-likeness (QED) is 0.785. The van der Waals surface area contributed by atoms with Crippen molar-refractivity contribution >= 4 is 5.65 Å².